The van der Waals surface area contributed by atoms with E-state index in [1.807, 2.05) is 29.7 Å². The molecule has 0 atom stereocenters. The van der Waals surface area contributed by atoms with Crippen LogP contribution in [0.4, 0.5) is 0 Å². The van der Waals surface area contributed by atoms with Gasteiger partial charge in [0, 0.05) is 0 Å². The SMILES string of the molecule is COc1ccc(C)cc1-n1cnc2cc(C(=O)O)ccc21. The number of ether oxygens (including phenoxy) is 1. The molecule has 0 spiro atoms. The number of carboxylic acids is 1. The third-order valence-electron chi connectivity index (χ3n) is 3.39. The summed E-state index contributed by atoms with van der Waals surface area (Å²) < 4.78 is 7.29. The molecule has 106 valence electrons. The van der Waals surface area contributed by atoms with Crippen LogP contribution in [-0.4, -0.2) is 27.7 Å². The van der Waals surface area contributed by atoms with E-state index >= 15 is 0 Å². The predicted molar refractivity (Wildman–Crippen MR) is 79.3 cm³/mol. The molecule has 0 radical (unpaired) electrons. The maximum atomic E-state index is 11.0. The lowest BCUT2D eigenvalue weighted by atomic mass is 10.2. The van der Waals surface area contributed by atoms with Gasteiger partial charge < -0.3 is 9.84 Å². The molecule has 0 aliphatic rings. The number of aromatic nitrogens is 2. The zero-order valence-electron chi connectivity index (χ0n) is 11.7. The number of carboxylic acid groups (broad SMARTS) is 1. The molecule has 0 aliphatic carbocycles. The summed E-state index contributed by atoms with van der Waals surface area (Å²) in [5.74, 6) is -0.221. The first-order chi connectivity index (χ1) is 10.1. The van der Waals surface area contributed by atoms with Crippen molar-refractivity contribution in [1.82, 2.24) is 9.55 Å². The number of rotatable bonds is 3. The number of aromatic carboxylic acids is 1. The Morgan fingerprint density at radius 1 is 1.24 bits per heavy atom. The number of benzene rings is 2. The van der Waals surface area contributed by atoms with Crippen LogP contribution < -0.4 is 4.74 Å². The molecular weight excluding hydrogens is 268 g/mol. The third-order valence-corrected chi connectivity index (χ3v) is 3.39. The topological polar surface area (TPSA) is 64.4 Å². The summed E-state index contributed by atoms with van der Waals surface area (Å²) in [5, 5.41) is 9.03. The van der Waals surface area contributed by atoms with Crippen molar-refractivity contribution < 1.29 is 14.6 Å². The lowest BCUT2D eigenvalue weighted by molar-refractivity contribution is 0.0697. The van der Waals surface area contributed by atoms with Crippen molar-refractivity contribution in [1.29, 1.82) is 0 Å². The molecular formula is C16H14N2O3. The average Bonchev–Trinajstić information content (AvgIpc) is 2.89. The Labute approximate surface area is 121 Å². The summed E-state index contributed by atoms with van der Waals surface area (Å²) in [6, 6.07) is 10.8. The largest absolute Gasteiger partial charge is 0.495 e. The smallest absolute Gasteiger partial charge is 0.335 e. The highest BCUT2D eigenvalue weighted by Crippen LogP contribution is 2.27. The van der Waals surface area contributed by atoms with Crippen LogP contribution in [-0.2, 0) is 0 Å². The van der Waals surface area contributed by atoms with Crippen molar-refractivity contribution in [3.63, 3.8) is 0 Å². The fourth-order valence-corrected chi connectivity index (χ4v) is 2.33. The second-order valence-electron chi connectivity index (χ2n) is 4.80. The van der Waals surface area contributed by atoms with Crippen LogP contribution in [0, 0.1) is 6.92 Å². The van der Waals surface area contributed by atoms with E-state index in [2.05, 4.69) is 4.98 Å². The number of methoxy groups -OCH3 is 1. The third kappa shape index (κ3) is 2.23. The Balaban J connectivity index is 2.22. The van der Waals surface area contributed by atoms with Crippen LogP contribution in [0.1, 0.15) is 15.9 Å². The van der Waals surface area contributed by atoms with E-state index in [0.29, 0.717) is 5.52 Å². The van der Waals surface area contributed by atoms with Crippen molar-refractivity contribution in [3.05, 3.63) is 53.9 Å². The van der Waals surface area contributed by atoms with E-state index in [1.165, 1.54) is 0 Å². The Morgan fingerprint density at radius 2 is 2.05 bits per heavy atom. The van der Waals surface area contributed by atoms with E-state index in [4.69, 9.17) is 9.84 Å². The minimum atomic E-state index is -0.959. The van der Waals surface area contributed by atoms with Crippen LogP contribution in [0.15, 0.2) is 42.7 Å². The fourth-order valence-electron chi connectivity index (χ4n) is 2.33. The van der Waals surface area contributed by atoms with Gasteiger partial charge in [0.2, 0.25) is 0 Å². The van der Waals surface area contributed by atoms with E-state index in [0.717, 1.165) is 22.5 Å². The Morgan fingerprint density at radius 3 is 2.76 bits per heavy atom. The monoisotopic (exact) mass is 282 g/mol. The number of imidazole rings is 1. The summed E-state index contributed by atoms with van der Waals surface area (Å²) in [6.07, 6.45) is 1.67. The van der Waals surface area contributed by atoms with E-state index < -0.39 is 5.97 Å². The lowest BCUT2D eigenvalue weighted by Crippen LogP contribution is -1.98. The zero-order chi connectivity index (χ0) is 15.0. The molecule has 0 bridgehead atoms. The van der Waals surface area contributed by atoms with Gasteiger partial charge in [0.25, 0.3) is 0 Å². The van der Waals surface area contributed by atoms with E-state index in [-0.39, 0.29) is 5.56 Å². The minimum absolute atomic E-state index is 0.226. The number of aryl methyl sites for hydroxylation is 1. The van der Waals surface area contributed by atoms with Gasteiger partial charge in [-0.15, -0.1) is 0 Å². The summed E-state index contributed by atoms with van der Waals surface area (Å²) >= 11 is 0. The van der Waals surface area contributed by atoms with Gasteiger partial charge in [0.1, 0.15) is 12.1 Å². The molecule has 1 heterocycles. The first-order valence-corrected chi connectivity index (χ1v) is 6.45. The molecule has 0 aliphatic heterocycles. The van der Waals surface area contributed by atoms with Crippen molar-refractivity contribution in [2.75, 3.05) is 7.11 Å². The predicted octanol–water partition coefficient (Wildman–Crippen LogP) is 3.04. The quantitative estimate of drug-likeness (QED) is 0.802. The van der Waals surface area contributed by atoms with Gasteiger partial charge in [-0.2, -0.15) is 0 Å². The molecule has 1 aromatic heterocycles. The van der Waals surface area contributed by atoms with Gasteiger partial charge >= 0.3 is 5.97 Å². The van der Waals surface area contributed by atoms with Crippen molar-refractivity contribution in [2.24, 2.45) is 0 Å². The number of nitrogens with zero attached hydrogens (tertiary/aromatic N) is 2. The van der Waals surface area contributed by atoms with Gasteiger partial charge in [0.05, 0.1) is 29.4 Å². The fraction of sp³-hybridized carbons (Fsp3) is 0.125. The normalized spacial score (nSPS) is 10.8. The number of fused-ring (bicyclic) bond motifs is 1. The Kier molecular flexibility index (Phi) is 3.10. The van der Waals surface area contributed by atoms with Gasteiger partial charge in [-0.05, 0) is 42.8 Å². The van der Waals surface area contributed by atoms with Crippen LogP contribution >= 0.6 is 0 Å². The average molecular weight is 282 g/mol. The standard InChI is InChI=1S/C16H14N2O3/c1-10-3-6-15(21-2)14(7-10)18-9-17-12-8-11(16(19)20)4-5-13(12)18/h3-9H,1-2H3,(H,19,20). The molecule has 2 aromatic carbocycles. The van der Waals surface area contributed by atoms with Crippen molar-refractivity contribution in [3.8, 4) is 11.4 Å². The molecule has 0 saturated heterocycles. The van der Waals surface area contributed by atoms with Crippen LogP contribution in [0.2, 0.25) is 0 Å². The Hall–Kier alpha value is -2.82. The molecule has 0 unspecified atom stereocenters. The number of hydrogen-bond acceptors (Lipinski definition) is 3. The highest BCUT2D eigenvalue weighted by atomic mass is 16.5. The lowest BCUT2D eigenvalue weighted by Gasteiger charge is -2.11. The number of hydrogen-bond donors (Lipinski definition) is 1. The second kappa shape index (κ2) is 4.94. The minimum Gasteiger partial charge on any atom is -0.495 e. The molecule has 5 nitrogen and oxygen atoms in total. The molecule has 0 fully saturated rings. The van der Waals surface area contributed by atoms with Crippen LogP contribution in [0.25, 0.3) is 16.7 Å². The molecule has 3 aromatic rings. The highest BCUT2D eigenvalue weighted by molar-refractivity contribution is 5.92. The maximum Gasteiger partial charge on any atom is 0.335 e. The summed E-state index contributed by atoms with van der Waals surface area (Å²) in [6.45, 7) is 2.00. The van der Waals surface area contributed by atoms with Gasteiger partial charge in [0.15, 0.2) is 0 Å². The second-order valence-corrected chi connectivity index (χ2v) is 4.80. The van der Waals surface area contributed by atoms with E-state index in [9.17, 15) is 4.79 Å². The van der Waals surface area contributed by atoms with Gasteiger partial charge in [-0.1, -0.05) is 6.07 Å². The zero-order valence-corrected chi connectivity index (χ0v) is 11.7. The molecule has 5 heteroatoms. The summed E-state index contributed by atoms with van der Waals surface area (Å²) in [7, 11) is 1.62. The summed E-state index contributed by atoms with van der Waals surface area (Å²) in [4.78, 5) is 15.3. The first-order valence-electron chi connectivity index (χ1n) is 6.45. The molecule has 0 amide bonds. The van der Waals surface area contributed by atoms with Crippen molar-refractivity contribution in [2.45, 2.75) is 6.92 Å². The van der Waals surface area contributed by atoms with Gasteiger partial charge in [-0.3, -0.25) is 4.57 Å². The molecule has 21 heavy (non-hydrogen) atoms. The molecule has 3 rings (SSSR count). The number of carbonyl (C=O) groups is 1. The van der Waals surface area contributed by atoms with E-state index in [1.54, 1.807) is 31.6 Å². The highest BCUT2D eigenvalue weighted by Gasteiger charge is 2.12. The first kappa shape index (κ1) is 13.2. The van der Waals surface area contributed by atoms with Crippen LogP contribution in [0.5, 0.6) is 5.75 Å². The van der Waals surface area contributed by atoms with Crippen molar-refractivity contribution >= 4 is 17.0 Å². The molecule has 0 saturated carbocycles. The Bertz CT molecular complexity index is 837. The summed E-state index contributed by atoms with van der Waals surface area (Å²) in [5.41, 5.74) is 3.68. The van der Waals surface area contributed by atoms with Gasteiger partial charge in [-0.25, -0.2) is 9.78 Å². The van der Waals surface area contributed by atoms with Crippen LogP contribution in [0.3, 0.4) is 0 Å². The molecule has 1 N–H and O–H groups in total. The maximum absolute atomic E-state index is 11.0.